The molecule has 7 heteroatoms. The molecule has 0 N–H and O–H groups in total. The van der Waals surface area contributed by atoms with Gasteiger partial charge in [0.2, 0.25) is 16.8 Å². The molecule has 6 nitrogen and oxygen atoms in total. The largest absolute Gasteiger partial charge is 0.274 e. The average molecular weight is 238 g/mol. The van der Waals surface area contributed by atoms with Gasteiger partial charge in [-0.1, -0.05) is 0 Å². The highest BCUT2D eigenvalue weighted by atomic mass is 32.1. The first-order valence-corrected chi connectivity index (χ1v) is 5.51. The van der Waals surface area contributed by atoms with Crippen molar-refractivity contribution >= 4 is 34.1 Å². The molecule has 2 amide bonds. The zero-order chi connectivity index (χ0) is 11.9. The Kier molecular flexibility index (Phi) is 2.47. The molecule has 0 atom stereocenters. The minimum absolute atomic E-state index is 0.134. The molecule has 0 aliphatic rings. The molecule has 0 bridgehead atoms. The van der Waals surface area contributed by atoms with Crippen LogP contribution in [0.2, 0.25) is 0 Å². The Labute approximate surface area is 95.5 Å². The van der Waals surface area contributed by atoms with Crippen LogP contribution in [-0.2, 0) is 9.59 Å². The van der Waals surface area contributed by atoms with Crippen molar-refractivity contribution in [3.8, 4) is 0 Å². The van der Waals surface area contributed by atoms with E-state index in [0.29, 0.717) is 4.96 Å². The molecule has 0 fully saturated rings. The van der Waals surface area contributed by atoms with E-state index in [0.717, 1.165) is 10.6 Å². The predicted octanol–water partition coefficient (Wildman–Crippen LogP) is 0.999. The summed E-state index contributed by atoms with van der Waals surface area (Å²) in [7, 11) is 0. The van der Waals surface area contributed by atoms with Gasteiger partial charge in [-0.15, -0.1) is 16.4 Å². The van der Waals surface area contributed by atoms with Crippen molar-refractivity contribution in [1.29, 1.82) is 0 Å². The Balaban J connectivity index is 2.53. The van der Waals surface area contributed by atoms with Gasteiger partial charge in [-0.3, -0.25) is 9.59 Å². The molecule has 0 spiro atoms. The first-order chi connectivity index (χ1) is 7.50. The number of carbonyl (C=O) groups excluding carboxylic acids is 2. The minimum atomic E-state index is -0.386. The minimum Gasteiger partial charge on any atom is -0.274 e. The standard InChI is InChI=1S/C9H10N4O2S/c1-5-4-16-9-10-8(11-13(5)9)12(6(2)14)7(3)15/h4H,1-3H3. The quantitative estimate of drug-likeness (QED) is 0.743. The highest BCUT2D eigenvalue weighted by Gasteiger charge is 2.21. The van der Waals surface area contributed by atoms with Crippen LogP contribution in [-0.4, -0.2) is 26.4 Å². The van der Waals surface area contributed by atoms with E-state index in [9.17, 15) is 9.59 Å². The van der Waals surface area contributed by atoms with Gasteiger partial charge in [0.05, 0.1) is 5.69 Å². The van der Waals surface area contributed by atoms with Crippen LogP contribution in [0.5, 0.6) is 0 Å². The van der Waals surface area contributed by atoms with E-state index in [-0.39, 0.29) is 17.8 Å². The van der Waals surface area contributed by atoms with Crippen LogP contribution in [0.3, 0.4) is 0 Å². The molecule has 2 aromatic heterocycles. The van der Waals surface area contributed by atoms with Gasteiger partial charge in [-0.25, -0.2) is 9.42 Å². The maximum Gasteiger partial charge on any atom is 0.260 e. The zero-order valence-electron chi connectivity index (χ0n) is 9.09. The monoisotopic (exact) mass is 238 g/mol. The van der Waals surface area contributed by atoms with Crippen molar-refractivity contribution in [2.24, 2.45) is 0 Å². The number of thiazole rings is 1. The molecular weight excluding hydrogens is 228 g/mol. The van der Waals surface area contributed by atoms with E-state index in [1.165, 1.54) is 25.2 Å². The van der Waals surface area contributed by atoms with Gasteiger partial charge < -0.3 is 0 Å². The van der Waals surface area contributed by atoms with E-state index < -0.39 is 0 Å². The third kappa shape index (κ3) is 1.58. The van der Waals surface area contributed by atoms with Gasteiger partial charge in [-0.05, 0) is 6.92 Å². The molecular formula is C9H10N4O2S. The molecule has 16 heavy (non-hydrogen) atoms. The number of nitrogens with zero attached hydrogens (tertiary/aromatic N) is 4. The summed E-state index contributed by atoms with van der Waals surface area (Å²) in [6, 6.07) is 0. The predicted molar refractivity (Wildman–Crippen MR) is 59.4 cm³/mol. The summed E-state index contributed by atoms with van der Waals surface area (Å²) >= 11 is 1.42. The van der Waals surface area contributed by atoms with E-state index in [1.54, 1.807) is 4.52 Å². The number of aromatic nitrogens is 3. The van der Waals surface area contributed by atoms with Crippen LogP contribution in [0, 0.1) is 6.92 Å². The van der Waals surface area contributed by atoms with Gasteiger partial charge in [0.15, 0.2) is 0 Å². The van der Waals surface area contributed by atoms with Crippen molar-refractivity contribution in [2.45, 2.75) is 20.8 Å². The number of aryl methyl sites for hydroxylation is 1. The summed E-state index contributed by atoms with van der Waals surface area (Å²) in [5.41, 5.74) is 0.922. The number of fused-ring (bicyclic) bond motifs is 1. The number of imide groups is 1. The van der Waals surface area contributed by atoms with Gasteiger partial charge in [0.25, 0.3) is 5.95 Å². The normalized spacial score (nSPS) is 10.7. The summed E-state index contributed by atoms with van der Waals surface area (Å²) in [6.45, 7) is 4.50. The summed E-state index contributed by atoms with van der Waals surface area (Å²) in [5.74, 6) is -0.637. The van der Waals surface area contributed by atoms with Crippen molar-refractivity contribution in [3.05, 3.63) is 11.1 Å². The van der Waals surface area contributed by atoms with Crippen molar-refractivity contribution in [2.75, 3.05) is 4.90 Å². The number of hydrogen-bond donors (Lipinski definition) is 0. The lowest BCUT2D eigenvalue weighted by Gasteiger charge is -2.11. The van der Waals surface area contributed by atoms with Crippen LogP contribution < -0.4 is 4.90 Å². The molecule has 84 valence electrons. The molecule has 2 heterocycles. The summed E-state index contributed by atoms with van der Waals surface area (Å²) in [5, 5.41) is 6.02. The fourth-order valence-corrected chi connectivity index (χ4v) is 2.17. The fraction of sp³-hybridized carbons (Fsp3) is 0.333. The van der Waals surface area contributed by atoms with Crippen molar-refractivity contribution in [1.82, 2.24) is 14.6 Å². The van der Waals surface area contributed by atoms with Crippen molar-refractivity contribution in [3.63, 3.8) is 0 Å². The number of anilines is 1. The Morgan fingerprint density at radius 2 is 2.00 bits per heavy atom. The van der Waals surface area contributed by atoms with Gasteiger partial charge in [0.1, 0.15) is 0 Å². The number of hydrogen-bond acceptors (Lipinski definition) is 5. The van der Waals surface area contributed by atoms with Gasteiger partial charge >= 0.3 is 0 Å². The van der Waals surface area contributed by atoms with E-state index in [1.807, 2.05) is 12.3 Å². The van der Waals surface area contributed by atoms with Crippen LogP contribution in [0.25, 0.3) is 4.96 Å². The molecule has 0 aliphatic carbocycles. The molecule has 0 saturated heterocycles. The third-order valence-electron chi connectivity index (χ3n) is 2.07. The molecule has 0 radical (unpaired) electrons. The van der Waals surface area contributed by atoms with Crippen LogP contribution in [0.4, 0.5) is 5.95 Å². The summed E-state index contributed by atoms with van der Waals surface area (Å²) < 4.78 is 1.61. The smallest absolute Gasteiger partial charge is 0.260 e. The fourth-order valence-electron chi connectivity index (χ4n) is 1.38. The molecule has 2 aromatic rings. The average Bonchev–Trinajstić information content (AvgIpc) is 2.68. The van der Waals surface area contributed by atoms with Gasteiger partial charge in [-0.2, -0.15) is 4.98 Å². The Hall–Kier alpha value is -1.76. The molecule has 2 rings (SSSR count). The number of amides is 2. The summed E-state index contributed by atoms with van der Waals surface area (Å²) in [4.78, 5) is 28.3. The Morgan fingerprint density at radius 3 is 2.50 bits per heavy atom. The van der Waals surface area contributed by atoms with Gasteiger partial charge in [0, 0.05) is 19.2 Å². The van der Waals surface area contributed by atoms with Crippen LogP contribution in [0.15, 0.2) is 5.38 Å². The topological polar surface area (TPSA) is 67.6 Å². The maximum atomic E-state index is 11.3. The van der Waals surface area contributed by atoms with Crippen LogP contribution >= 0.6 is 11.3 Å². The highest BCUT2D eigenvalue weighted by Crippen LogP contribution is 2.17. The zero-order valence-corrected chi connectivity index (χ0v) is 9.91. The molecule has 0 aromatic carbocycles. The first-order valence-electron chi connectivity index (χ1n) is 4.63. The van der Waals surface area contributed by atoms with E-state index in [2.05, 4.69) is 10.1 Å². The lowest BCUT2D eigenvalue weighted by molar-refractivity contribution is -0.124. The van der Waals surface area contributed by atoms with E-state index in [4.69, 9.17) is 0 Å². The second kappa shape index (κ2) is 3.67. The Morgan fingerprint density at radius 1 is 1.38 bits per heavy atom. The lowest BCUT2D eigenvalue weighted by atomic mass is 10.5. The Bertz CT molecular complexity index is 557. The highest BCUT2D eigenvalue weighted by molar-refractivity contribution is 7.15. The molecule has 0 saturated carbocycles. The van der Waals surface area contributed by atoms with Crippen LogP contribution in [0.1, 0.15) is 19.5 Å². The SMILES string of the molecule is CC(=O)N(C(C)=O)c1nc2scc(C)n2n1. The molecule has 0 aliphatic heterocycles. The number of rotatable bonds is 1. The maximum absolute atomic E-state index is 11.3. The lowest BCUT2D eigenvalue weighted by Crippen LogP contribution is -2.34. The second-order valence-electron chi connectivity index (χ2n) is 3.36. The summed E-state index contributed by atoms with van der Waals surface area (Å²) in [6.07, 6.45) is 0. The number of carbonyl (C=O) groups is 2. The molecule has 0 unspecified atom stereocenters. The van der Waals surface area contributed by atoms with Crippen molar-refractivity contribution < 1.29 is 9.59 Å². The first kappa shape index (κ1) is 10.7. The van der Waals surface area contributed by atoms with E-state index >= 15 is 0 Å². The second-order valence-corrected chi connectivity index (χ2v) is 4.19. The third-order valence-corrected chi connectivity index (χ3v) is 3.00.